The van der Waals surface area contributed by atoms with E-state index in [1.165, 1.54) is 5.56 Å². The minimum atomic E-state index is 0.213. The number of allylic oxidation sites excluding steroid dienone is 1. The minimum Gasteiger partial charge on any atom is -0.431 e. The number of benzene rings is 3. The van der Waals surface area contributed by atoms with Gasteiger partial charge in [0.25, 0.3) is 5.22 Å². The number of hydrogen-bond acceptors (Lipinski definition) is 3. The molecular weight excluding hydrogens is 362 g/mol. The molecule has 0 bridgehead atoms. The van der Waals surface area contributed by atoms with E-state index in [9.17, 15) is 0 Å². The first kappa shape index (κ1) is 18.3. The van der Waals surface area contributed by atoms with Gasteiger partial charge in [-0.3, -0.25) is 0 Å². The van der Waals surface area contributed by atoms with Crippen molar-refractivity contribution in [1.82, 2.24) is 4.98 Å². The van der Waals surface area contributed by atoms with Gasteiger partial charge in [-0.1, -0.05) is 109 Å². The van der Waals surface area contributed by atoms with Crippen LogP contribution in [-0.4, -0.2) is 4.98 Å². The Morgan fingerprint density at radius 3 is 2.00 bits per heavy atom. The molecule has 0 aliphatic heterocycles. The third kappa shape index (κ3) is 4.10. The van der Waals surface area contributed by atoms with Crippen molar-refractivity contribution in [3.05, 3.63) is 109 Å². The van der Waals surface area contributed by atoms with Crippen molar-refractivity contribution in [1.29, 1.82) is 0 Å². The van der Waals surface area contributed by atoms with Gasteiger partial charge in [0.1, 0.15) is 5.69 Å². The molecule has 0 saturated carbocycles. The fourth-order valence-electron chi connectivity index (χ4n) is 3.12. The first-order chi connectivity index (χ1) is 13.8. The van der Waals surface area contributed by atoms with E-state index in [1.54, 1.807) is 11.8 Å². The van der Waals surface area contributed by atoms with Crippen molar-refractivity contribution in [2.75, 3.05) is 0 Å². The number of nitrogens with zero attached hydrogens (tertiary/aromatic N) is 1. The van der Waals surface area contributed by atoms with Gasteiger partial charge in [-0.05, 0) is 12.0 Å². The van der Waals surface area contributed by atoms with Crippen LogP contribution in [0.25, 0.3) is 22.6 Å². The van der Waals surface area contributed by atoms with Gasteiger partial charge in [-0.25, -0.2) is 4.98 Å². The van der Waals surface area contributed by atoms with Crippen LogP contribution in [0.4, 0.5) is 0 Å². The van der Waals surface area contributed by atoms with Gasteiger partial charge >= 0.3 is 0 Å². The third-order valence-corrected chi connectivity index (χ3v) is 5.61. The van der Waals surface area contributed by atoms with Crippen LogP contribution in [0.3, 0.4) is 0 Å². The zero-order chi connectivity index (χ0) is 19.2. The molecule has 0 N–H and O–H groups in total. The summed E-state index contributed by atoms with van der Waals surface area (Å²) in [6.07, 6.45) is 2.79. The van der Waals surface area contributed by atoms with Crippen LogP contribution in [0.15, 0.2) is 113 Å². The smallest absolute Gasteiger partial charge is 0.257 e. The summed E-state index contributed by atoms with van der Waals surface area (Å²) >= 11 is 1.64. The molecule has 1 aromatic heterocycles. The molecule has 0 saturated heterocycles. The molecular formula is C25H21NOS. The van der Waals surface area contributed by atoms with E-state index in [1.807, 2.05) is 48.5 Å². The first-order valence-corrected chi connectivity index (χ1v) is 10.2. The Morgan fingerprint density at radius 2 is 1.39 bits per heavy atom. The summed E-state index contributed by atoms with van der Waals surface area (Å²) < 4.78 is 6.27. The van der Waals surface area contributed by atoms with Gasteiger partial charge in [0.05, 0.1) is 0 Å². The second kappa shape index (κ2) is 8.77. The van der Waals surface area contributed by atoms with Crippen LogP contribution >= 0.6 is 11.8 Å². The average Bonchev–Trinajstić information content (AvgIpc) is 3.19. The second-order valence-corrected chi connectivity index (χ2v) is 7.59. The Hall–Kier alpha value is -3.04. The number of aromatic nitrogens is 1. The lowest BCUT2D eigenvalue weighted by Gasteiger charge is -2.12. The highest BCUT2D eigenvalue weighted by atomic mass is 32.2. The van der Waals surface area contributed by atoms with Crippen LogP contribution < -0.4 is 0 Å². The van der Waals surface area contributed by atoms with Crippen LogP contribution in [-0.2, 0) is 0 Å². The molecule has 0 aliphatic carbocycles. The van der Waals surface area contributed by atoms with Crippen LogP contribution in [0.1, 0.15) is 17.2 Å². The average molecular weight is 384 g/mol. The van der Waals surface area contributed by atoms with Crippen molar-refractivity contribution < 1.29 is 4.42 Å². The molecule has 0 aliphatic rings. The van der Waals surface area contributed by atoms with Gasteiger partial charge in [-0.15, -0.1) is 6.58 Å². The normalized spacial score (nSPS) is 11.9. The van der Waals surface area contributed by atoms with Crippen molar-refractivity contribution in [3.8, 4) is 22.6 Å². The summed E-state index contributed by atoms with van der Waals surface area (Å²) in [6, 6.07) is 30.8. The van der Waals surface area contributed by atoms with Crippen molar-refractivity contribution in [2.24, 2.45) is 0 Å². The highest BCUT2D eigenvalue weighted by Gasteiger charge is 2.20. The number of oxazole rings is 1. The Bertz CT molecular complexity index is 969. The largest absolute Gasteiger partial charge is 0.431 e. The summed E-state index contributed by atoms with van der Waals surface area (Å²) in [6.45, 7) is 3.92. The minimum absolute atomic E-state index is 0.213. The lowest BCUT2D eigenvalue weighted by molar-refractivity contribution is 0.465. The standard InChI is InChI=1S/C25H21NOS/c1-2-12-22(19-13-6-3-7-14-19)28-25-26-23(20-15-8-4-9-16-20)24(27-25)21-17-10-5-11-18-21/h2-11,13-18,22H,1,12H2. The highest BCUT2D eigenvalue weighted by Crippen LogP contribution is 2.42. The van der Waals surface area contributed by atoms with E-state index in [0.717, 1.165) is 29.0 Å². The monoisotopic (exact) mass is 383 g/mol. The predicted octanol–water partition coefficient (Wildman–Crippen LogP) is 7.42. The number of thioether (sulfide) groups is 1. The van der Waals surface area contributed by atoms with E-state index in [4.69, 9.17) is 9.40 Å². The zero-order valence-corrected chi connectivity index (χ0v) is 16.3. The summed E-state index contributed by atoms with van der Waals surface area (Å²) in [5.41, 5.74) is 4.20. The van der Waals surface area contributed by atoms with Crippen LogP contribution in [0, 0.1) is 0 Å². The Balaban J connectivity index is 1.74. The molecule has 3 aromatic carbocycles. The Morgan fingerprint density at radius 1 is 0.821 bits per heavy atom. The molecule has 4 rings (SSSR count). The maximum Gasteiger partial charge on any atom is 0.257 e. The molecule has 0 fully saturated rings. The predicted molar refractivity (Wildman–Crippen MR) is 117 cm³/mol. The molecule has 0 radical (unpaired) electrons. The van der Waals surface area contributed by atoms with Crippen molar-refractivity contribution in [2.45, 2.75) is 16.9 Å². The molecule has 0 spiro atoms. The van der Waals surface area contributed by atoms with E-state index in [0.29, 0.717) is 5.22 Å². The lowest BCUT2D eigenvalue weighted by atomic mass is 10.1. The molecule has 0 amide bonds. The zero-order valence-electron chi connectivity index (χ0n) is 15.5. The van der Waals surface area contributed by atoms with Gasteiger partial charge in [0, 0.05) is 16.4 Å². The van der Waals surface area contributed by atoms with Gasteiger partial charge in [-0.2, -0.15) is 0 Å². The lowest BCUT2D eigenvalue weighted by Crippen LogP contribution is -1.92. The van der Waals surface area contributed by atoms with E-state index >= 15 is 0 Å². The highest BCUT2D eigenvalue weighted by molar-refractivity contribution is 7.99. The third-order valence-electron chi connectivity index (χ3n) is 4.49. The van der Waals surface area contributed by atoms with Crippen LogP contribution in [0.5, 0.6) is 0 Å². The first-order valence-electron chi connectivity index (χ1n) is 9.29. The number of hydrogen-bond donors (Lipinski definition) is 0. The van der Waals surface area contributed by atoms with E-state index < -0.39 is 0 Å². The molecule has 4 aromatic rings. The summed E-state index contributed by atoms with van der Waals surface area (Å²) in [4.78, 5) is 4.87. The summed E-state index contributed by atoms with van der Waals surface area (Å²) in [5, 5.41) is 0.887. The maximum absolute atomic E-state index is 6.27. The molecule has 3 heteroatoms. The fourth-order valence-corrected chi connectivity index (χ4v) is 4.17. The molecule has 138 valence electrons. The van der Waals surface area contributed by atoms with Crippen molar-refractivity contribution in [3.63, 3.8) is 0 Å². The molecule has 2 nitrogen and oxygen atoms in total. The SMILES string of the molecule is C=CCC(Sc1nc(-c2ccccc2)c(-c2ccccc2)o1)c1ccccc1. The Kier molecular flexibility index (Phi) is 5.74. The Labute approximate surface area is 170 Å². The fraction of sp³-hybridized carbons (Fsp3) is 0.0800. The molecule has 1 heterocycles. The van der Waals surface area contributed by atoms with Crippen LogP contribution in [0.2, 0.25) is 0 Å². The van der Waals surface area contributed by atoms with Gasteiger partial charge in [0.2, 0.25) is 0 Å². The quantitative estimate of drug-likeness (QED) is 0.245. The molecule has 1 unspecified atom stereocenters. The maximum atomic E-state index is 6.27. The molecule has 28 heavy (non-hydrogen) atoms. The number of rotatable bonds is 7. The summed E-state index contributed by atoms with van der Waals surface area (Å²) in [5.74, 6) is 0.805. The summed E-state index contributed by atoms with van der Waals surface area (Å²) in [7, 11) is 0. The topological polar surface area (TPSA) is 26.0 Å². The van der Waals surface area contributed by atoms with Gasteiger partial charge < -0.3 is 4.42 Å². The van der Waals surface area contributed by atoms with Crippen molar-refractivity contribution >= 4 is 11.8 Å². The van der Waals surface area contributed by atoms with E-state index in [2.05, 4.69) is 55.1 Å². The van der Waals surface area contributed by atoms with Gasteiger partial charge in [0.15, 0.2) is 5.76 Å². The van der Waals surface area contributed by atoms with E-state index in [-0.39, 0.29) is 5.25 Å². The molecule has 1 atom stereocenters. The second-order valence-electron chi connectivity index (χ2n) is 6.43.